The first-order valence-electron chi connectivity index (χ1n) is 15.2. The SMILES string of the molecule is COC(=O)C12CCC(C)(C)CC1C1C3COC3C=C3C4(C)C=C(C#N)C(=O)C(C)(C)C4CCC3(C)C1(C)CC2. The lowest BCUT2D eigenvalue weighted by molar-refractivity contribution is -0.223. The second kappa shape index (κ2) is 8.09. The molecule has 0 radical (unpaired) electrons. The summed E-state index contributed by atoms with van der Waals surface area (Å²) >= 11 is 0. The second-order valence-electron chi connectivity index (χ2n) is 16.0. The van der Waals surface area contributed by atoms with Gasteiger partial charge in [0, 0.05) is 16.7 Å². The lowest BCUT2D eigenvalue weighted by Gasteiger charge is -2.68. The van der Waals surface area contributed by atoms with Gasteiger partial charge in [-0.2, -0.15) is 5.26 Å². The summed E-state index contributed by atoms with van der Waals surface area (Å²) in [5.74, 6) is 1.09. The first kappa shape index (κ1) is 27.3. The smallest absolute Gasteiger partial charge is 0.312 e. The van der Waals surface area contributed by atoms with Crippen LogP contribution in [0.25, 0.3) is 0 Å². The van der Waals surface area contributed by atoms with E-state index in [-0.39, 0.29) is 51.4 Å². The van der Waals surface area contributed by atoms with Crippen molar-refractivity contribution in [3.8, 4) is 6.07 Å². The summed E-state index contributed by atoms with van der Waals surface area (Å²) in [5.41, 5.74) is 0.320. The number of nitriles is 1. The number of carbonyl (C=O) groups excluding carboxylic acids is 2. The Balaban J connectivity index is 1.54. The van der Waals surface area contributed by atoms with Gasteiger partial charge in [0.2, 0.25) is 0 Å². The van der Waals surface area contributed by atoms with E-state index < -0.39 is 10.8 Å². The van der Waals surface area contributed by atoms with Gasteiger partial charge in [0.05, 0.1) is 30.8 Å². The van der Waals surface area contributed by atoms with Gasteiger partial charge >= 0.3 is 5.97 Å². The fourth-order valence-electron chi connectivity index (χ4n) is 11.3. The first-order chi connectivity index (χ1) is 18.1. The third-order valence-electron chi connectivity index (χ3n) is 13.6. The Morgan fingerprint density at radius 1 is 1.05 bits per heavy atom. The summed E-state index contributed by atoms with van der Waals surface area (Å²) in [6, 6.07) is 2.26. The number of nitrogens with zero attached hydrogens (tertiary/aromatic N) is 1. The quantitative estimate of drug-likeness (QED) is 0.273. The van der Waals surface area contributed by atoms with Gasteiger partial charge in [-0.15, -0.1) is 0 Å². The first-order valence-corrected chi connectivity index (χ1v) is 15.2. The van der Waals surface area contributed by atoms with E-state index in [9.17, 15) is 14.9 Å². The maximum atomic E-state index is 13.6. The van der Waals surface area contributed by atoms with Gasteiger partial charge in [-0.1, -0.05) is 66.2 Å². The van der Waals surface area contributed by atoms with E-state index in [2.05, 4.69) is 46.8 Å². The molecule has 39 heavy (non-hydrogen) atoms. The minimum Gasteiger partial charge on any atom is -0.469 e. The normalized spacial score (nSPS) is 49.1. The summed E-state index contributed by atoms with van der Waals surface area (Å²) in [4.78, 5) is 27.0. The lowest BCUT2D eigenvalue weighted by Crippen LogP contribution is -2.64. The molecule has 0 amide bonds. The van der Waals surface area contributed by atoms with Gasteiger partial charge in [0.1, 0.15) is 6.07 Å². The molecule has 1 heterocycles. The molecule has 0 aromatic carbocycles. The number of fused-ring (bicyclic) bond motifs is 9. The molecule has 6 aliphatic rings. The third-order valence-corrected chi connectivity index (χ3v) is 13.6. The van der Waals surface area contributed by atoms with Gasteiger partial charge in [-0.05, 0) is 78.9 Å². The van der Waals surface area contributed by atoms with Gasteiger partial charge in [-0.3, -0.25) is 9.59 Å². The van der Waals surface area contributed by atoms with Crippen molar-refractivity contribution >= 4 is 11.8 Å². The maximum Gasteiger partial charge on any atom is 0.312 e. The molecule has 1 aliphatic heterocycles. The standard InChI is InChI=1S/C34H47NO4/c1-29(2)11-13-34(28(37)38-8)14-12-33(7)26(22(34)17-29)21-19-39-23(21)15-25-31(5)16-20(18-35)27(36)30(3,4)24(31)9-10-32(25,33)6/h15-16,21-24,26H,9-14,17,19H2,1-8H3. The molecule has 0 aromatic heterocycles. The van der Waals surface area contributed by atoms with Crippen molar-refractivity contribution < 1.29 is 19.1 Å². The Labute approximate surface area is 234 Å². The highest BCUT2D eigenvalue weighted by molar-refractivity contribution is 6.04. The van der Waals surface area contributed by atoms with Gasteiger partial charge < -0.3 is 9.47 Å². The molecule has 212 valence electrons. The number of hydrogen-bond acceptors (Lipinski definition) is 5. The highest BCUT2D eigenvalue weighted by Crippen LogP contribution is 2.75. The number of rotatable bonds is 1. The molecule has 0 bridgehead atoms. The highest BCUT2D eigenvalue weighted by Gasteiger charge is 2.71. The molecule has 9 atom stereocenters. The molecule has 5 heteroatoms. The van der Waals surface area contributed by atoms with Crippen LogP contribution in [0.4, 0.5) is 0 Å². The molecular weight excluding hydrogens is 486 g/mol. The van der Waals surface area contributed by atoms with Crippen LogP contribution in [0.15, 0.2) is 23.3 Å². The Hall–Kier alpha value is -1.93. The Bertz CT molecular complexity index is 1240. The molecule has 9 unspecified atom stereocenters. The molecule has 0 aromatic rings. The molecule has 6 rings (SSSR count). The number of hydrogen-bond donors (Lipinski definition) is 0. The Morgan fingerprint density at radius 3 is 2.36 bits per heavy atom. The summed E-state index contributed by atoms with van der Waals surface area (Å²) in [5, 5.41) is 10.0. The maximum absolute atomic E-state index is 13.6. The average Bonchev–Trinajstić information content (AvgIpc) is 2.91. The number of methoxy groups -OCH3 is 1. The lowest BCUT2D eigenvalue weighted by atomic mass is 9.36. The van der Waals surface area contributed by atoms with Crippen LogP contribution in [0.5, 0.6) is 0 Å². The number of allylic oxidation sites excluding steroid dienone is 3. The molecule has 1 saturated heterocycles. The molecule has 5 aliphatic carbocycles. The van der Waals surface area contributed by atoms with Gasteiger partial charge in [0.25, 0.3) is 0 Å². The second-order valence-corrected chi connectivity index (χ2v) is 16.0. The van der Waals surface area contributed by atoms with Crippen molar-refractivity contribution in [1.82, 2.24) is 0 Å². The summed E-state index contributed by atoms with van der Waals surface area (Å²) in [6.07, 6.45) is 11.3. The minimum absolute atomic E-state index is 0.00534. The van der Waals surface area contributed by atoms with Crippen LogP contribution < -0.4 is 0 Å². The van der Waals surface area contributed by atoms with E-state index in [1.807, 2.05) is 19.9 Å². The van der Waals surface area contributed by atoms with Crippen LogP contribution in [0.2, 0.25) is 0 Å². The average molecular weight is 534 g/mol. The monoisotopic (exact) mass is 533 g/mol. The molecular formula is C34H47NO4. The number of carbonyl (C=O) groups is 2. The topological polar surface area (TPSA) is 76.4 Å². The van der Waals surface area contributed by atoms with E-state index in [0.29, 0.717) is 17.4 Å². The zero-order valence-corrected chi connectivity index (χ0v) is 25.3. The third kappa shape index (κ3) is 3.22. The van der Waals surface area contributed by atoms with E-state index in [0.717, 1.165) is 51.6 Å². The number of ketones is 1. The van der Waals surface area contributed by atoms with Crippen LogP contribution in [0.3, 0.4) is 0 Å². The fourth-order valence-corrected chi connectivity index (χ4v) is 11.3. The number of ether oxygens (including phenoxy) is 2. The van der Waals surface area contributed by atoms with Crippen LogP contribution in [-0.2, 0) is 19.1 Å². The minimum atomic E-state index is -0.594. The summed E-state index contributed by atoms with van der Waals surface area (Å²) in [6.45, 7) is 16.9. The van der Waals surface area contributed by atoms with Crippen LogP contribution in [0.1, 0.15) is 93.4 Å². The highest BCUT2D eigenvalue weighted by atomic mass is 16.5. The van der Waals surface area contributed by atoms with E-state index in [1.54, 1.807) is 7.11 Å². The predicted molar refractivity (Wildman–Crippen MR) is 149 cm³/mol. The van der Waals surface area contributed by atoms with Gasteiger partial charge in [0.15, 0.2) is 5.78 Å². The van der Waals surface area contributed by atoms with Crippen molar-refractivity contribution in [1.29, 1.82) is 5.26 Å². The number of Topliss-reactive ketones (excluding diaryl/α,β-unsaturated/α-hetero) is 1. The number of esters is 1. The van der Waals surface area contributed by atoms with Crippen LogP contribution in [-0.4, -0.2) is 31.6 Å². The Morgan fingerprint density at radius 2 is 1.74 bits per heavy atom. The van der Waals surface area contributed by atoms with Gasteiger partial charge in [-0.25, -0.2) is 0 Å². The predicted octanol–water partition coefficient (Wildman–Crippen LogP) is 6.82. The van der Waals surface area contributed by atoms with E-state index in [4.69, 9.17) is 9.47 Å². The molecule has 5 nitrogen and oxygen atoms in total. The summed E-state index contributed by atoms with van der Waals surface area (Å²) in [7, 11) is 1.57. The van der Waals surface area contributed by atoms with Crippen molar-refractivity contribution in [2.75, 3.05) is 13.7 Å². The zero-order valence-electron chi connectivity index (χ0n) is 25.3. The van der Waals surface area contributed by atoms with Crippen molar-refractivity contribution in [3.05, 3.63) is 23.3 Å². The molecule has 0 N–H and O–H groups in total. The van der Waals surface area contributed by atoms with E-state index in [1.165, 1.54) is 5.57 Å². The van der Waals surface area contributed by atoms with Crippen molar-refractivity contribution in [2.24, 2.45) is 56.2 Å². The molecule has 4 fully saturated rings. The largest absolute Gasteiger partial charge is 0.469 e. The van der Waals surface area contributed by atoms with Crippen LogP contribution in [0, 0.1) is 67.5 Å². The van der Waals surface area contributed by atoms with Crippen molar-refractivity contribution in [2.45, 2.75) is 99.5 Å². The van der Waals surface area contributed by atoms with E-state index >= 15 is 0 Å². The molecule has 0 spiro atoms. The van der Waals surface area contributed by atoms with Crippen LogP contribution >= 0.6 is 0 Å². The van der Waals surface area contributed by atoms with Crippen molar-refractivity contribution in [3.63, 3.8) is 0 Å². The fraction of sp³-hybridized carbons (Fsp3) is 0.794. The molecule has 3 saturated carbocycles. The Kier molecular flexibility index (Phi) is 5.65. The zero-order chi connectivity index (χ0) is 28.4. The summed E-state index contributed by atoms with van der Waals surface area (Å²) < 4.78 is 11.9.